The largest absolute Gasteiger partial charge is 0.396 e. The average Bonchev–Trinajstić information content (AvgIpc) is 2.50. The van der Waals surface area contributed by atoms with Gasteiger partial charge in [0.1, 0.15) is 7.28 Å². The molecule has 1 rings (SSSR count). The van der Waals surface area contributed by atoms with Gasteiger partial charge in [-0.05, 0) is 18.4 Å². The molecule has 0 aromatic carbocycles. The van der Waals surface area contributed by atoms with Gasteiger partial charge in [0.15, 0.2) is 0 Å². The number of hydrogen-bond acceptors (Lipinski definition) is 3. The summed E-state index contributed by atoms with van der Waals surface area (Å²) in [5, 5.41) is 12.4. The van der Waals surface area contributed by atoms with Crippen LogP contribution < -0.4 is 0 Å². The smallest absolute Gasteiger partial charge is 0.146 e. The molecule has 0 saturated carbocycles. The van der Waals surface area contributed by atoms with Crippen molar-refractivity contribution in [3.8, 4) is 0 Å². The third-order valence-electron chi connectivity index (χ3n) is 2.24. The van der Waals surface area contributed by atoms with E-state index in [2.05, 4.69) is 10.0 Å². The fraction of sp³-hybridized carbons (Fsp3) is 1.00. The second kappa shape index (κ2) is 5.12. The molecule has 0 aromatic rings. The highest BCUT2D eigenvalue weighted by atomic mass is 16.5. The molecule has 3 atom stereocenters. The first kappa shape index (κ1) is 10.4. The zero-order valence-corrected chi connectivity index (χ0v) is 7.63. The van der Waals surface area contributed by atoms with Gasteiger partial charge in [-0.1, -0.05) is 11.9 Å². The van der Waals surface area contributed by atoms with E-state index >= 15 is 0 Å². The van der Waals surface area contributed by atoms with Gasteiger partial charge < -0.3 is 9.84 Å². The van der Waals surface area contributed by atoms with Gasteiger partial charge in [-0.2, -0.15) is 0 Å². The third-order valence-corrected chi connectivity index (χ3v) is 2.24. The van der Waals surface area contributed by atoms with Gasteiger partial charge in [-0.15, -0.1) is 0 Å². The molecule has 1 radical (unpaired) electrons. The lowest BCUT2D eigenvalue weighted by Crippen LogP contribution is -2.20. The second-order valence-corrected chi connectivity index (χ2v) is 3.07. The van der Waals surface area contributed by atoms with Crippen LogP contribution in [0, 0.1) is 0 Å². The summed E-state index contributed by atoms with van der Waals surface area (Å²) >= 11 is 0. The first-order valence-corrected chi connectivity index (χ1v) is 4.41. The minimum Gasteiger partial charge on any atom is -0.396 e. The minimum absolute atomic E-state index is 0.0621. The van der Waals surface area contributed by atoms with E-state index in [0.717, 1.165) is 6.42 Å². The summed E-state index contributed by atoms with van der Waals surface area (Å²) in [7, 11) is 1.94. The van der Waals surface area contributed by atoms with Crippen molar-refractivity contribution >= 4 is 7.28 Å². The topological polar surface area (TPSA) is 78.2 Å². The van der Waals surface area contributed by atoms with Crippen LogP contribution in [0.3, 0.4) is 0 Å². The van der Waals surface area contributed by atoms with Gasteiger partial charge in [0, 0.05) is 17.5 Å². The predicted octanol–water partition coefficient (Wildman–Crippen LogP) is 0.915. The molecular formula is C7H13BN3O2. The van der Waals surface area contributed by atoms with E-state index in [0.29, 0.717) is 6.42 Å². The van der Waals surface area contributed by atoms with Crippen molar-refractivity contribution in [3.05, 3.63) is 10.4 Å². The lowest BCUT2D eigenvalue weighted by atomic mass is 9.73. The van der Waals surface area contributed by atoms with Crippen LogP contribution in [0.2, 0.25) is 6.82 Å². The van der Waals surface area contributed by atoms with Gasteiger partial charge in [-0.3, -0.25) is 0 Å². The number of azide groups is 1. The Morgan fingerprint density at radius 2 is 2.54 bits per heavy atom. The van der Waals surface area contributed by atoms with Crippen LogP contribution in [0.5, 0.6) is 0 Å². The van der Waals surface area contributed by atoms with Crippen molar-refractivity contribution in [1.29, 1.82) is 0 Å². The number of aliphatic hydroxyl groups is 1. The Morgan fingerprint density at radius 1 is 1.77 bits per heavy atom. The van der Waals surface area contributed by atoms with Crippen LogP contribution in [-0.2, 0) is 4.74 Å². The summed E-state index contributed by atoms with van der Waals surface area (Å²) < 4.78 is 5.54. The number of ether oxygens (including phenoxy) is 1. The highest BCUT2D eigenvalue weighted by molar-refractivity contribution is 6.35. The molecule has 0 spiro atoms. The van der Waals surface area contributed by atoms with Crippen LogP contribution in [0.25, 0.3) is 10.4 Å². The molecule has 0 bridgehead atoms. The van der Waals surface area contributed by atoms with Crippen LogP contribution >= 0.6 is 0 Å². The normalized spacial score (nSPS) is 32.6. The standard InChI is InChI=1S/C7H13BN3O2/c1-8-7-4-5(10-11-9)6(13-7)2-3-12/h5-7,12H,2-4H2,1H3/t5-,6-,7-/m1/s1. The summed E-state index contributed by atoms with van der Waals surface area (Å²) in [6.07, 6.45) is 1.14. The zero-order chi connectivity index (χ0) is 9.68. The van der Waals surface area contributed by atoms with Crippen molar-refractivity contribution in [1.82, 2.24) is 0 Å². The van der Waals surface area contributed by atoms with Gasteiger partial charge in [0.2, 0.25) is 0 Å². The minimum atomic E-state index is -0.127. The van der Waals surface area contributed by atoms with E-state index in [1.165, 1.54) is 0 Å². The number of rotatable bonds is 4. The summed E-state index contributed by atoms with van der Waals surface area (Å²) in [4.78, 5) is 2.77. The fourth-order valence-corrected chi connectivity index (χ4v) is 1.55. The molecule has 1 heterocycles. The maximum Gasteiger partial charge on any atom is 0.146 e. The van der Waals surface area contributed by atoms with Crippen molar-refractivity contribution in [2.75, 3.05) is 6.61 Å². The van der Waals surface area contributed by atoms with Gasteiger partial charge >= 0.3 is 0 Å². The maximum absolute atomic E-state index is 8.75. The molecule has 1 saturated heterocycles. The van der Waals surface area contributed by atoms with Gasteiger partial charge in [0.05, 0.1) is 12.1 Å². The Bertz CT molecular complexity index is 208. The van der Waals surface area contributed by atoms with E-state index in [9.17, 15) is 0 Å². The Hall–Kier alpha value is -0.705. The molecule has 0 aromatic heterocycles. The number of nitrogens with zero attached hydrogens (tertiary/aromatic N) is 3. The maximum atomic E-state index is 8.75. The highest BCUT2D eigenvalue weighted by Crippen LogP contribution is 2.24. The molecule has 0 unspecified atom stereocenters. The molecule has 1 aliphatic heterocycles. The lowest BCUT2D eigenvalue weighted by Gasteiger charge is -2.12. The van der Waals surface area contributed by atoms with Crippen molar-refractivity contribution in [3.63, 3.8) is 0 Å². The summed E-state index contributed by atoms with van der Waals surface area (Å²) in [6.45, 7) is 1.98. The summed E-state index contributed by atoms with van der Waals surface area (Å²) in [5.74, 6) is 0. The zero-order valence-electron chi connectivity index (χ0n) is 7.63. The number of aliphatic hydroxyl groups excluding tert-OH is 1. The average molecular weight is 182 g/mol. The quantitative estimate of drug-likeness (QED) is 0.303. The predicted molar refractivity (Wildman–Crippen MR) is 49.5 cm³/mol. The Labute approximate surface area is 78.0 Å². The first-order chi connectivity index (χ1) is 6.31. The molecule has 13 heavy (non-hydrogen) atoms. The van der Waals surface area contributed by atoms with E-state index in [4.69, 9.17) is 15.4 Å². The highest BCUT2D eigenvalue weighted by Gasteiger charge is 2.32. The van der Waals surface area contributed by atoms with E-state index in [1.54, 1.807) is 0 Å². The van der Waals surface area contributed by atoms with E-state index in [-0.39, 0.29) is 24.8 Å². The monoisotopic (exact) mass is 182 g/mol. The van der Waals surface area contributed by atoms with Crippen molar-refractivity contribution < 1.29 is 9.84 Å². The Kier molecular flexibility index (Phi) is 4.08. The van der Waals surface area contributed by atoms with Crippen LogP contribution in [0.1, 0.15) is 12.8 Å². The fourth-order valence-electron chi connectivity index (χ4n) is 1.55. The number of hydrogen-bond donors (Lipinski definition) is 1. The molecule has 5 nitrogen and oxygen atoms in total. The summed E-state index contributed by atoms with van der Waals surface area (Å²) in [6, 6.07) is -0.0644. The van der Waals surface area contributed by atoms with Crippen molar-refractivity contribution in [2.24, 2.45) is 5.11 Å². The molecule has 6 heteroatoms. The molecule has 71 valence electrons. The molecule has 0 amide bonds. The summed E-state index contributed by atoms with van der Waals surface area (Å²) in [5.41, 5.74) is 8.30. The molecule has 0 aliphatic carbocycles. The van der Waals surface area contributed by atoms with Crippen LogP contribution in [0.15, 0.2) is 5.11 Å². The third kappa shape index (κ3) is 2.62. The van der Waals surface area contributed by atoms with Gasteiger partial charge in [0.25, 0.3) is 0 Å². The van der Waals surface area contributed by atoms with Gasteiger partial charge in [-0.25, -0.2) is 0 Å². The van der Waals surface area contributed by atoms with Crippen LogP contribution in [-0.4, -0.2) is 37.1 Å². The van der Waals surface area contributed by atoms with E-state index in [1.807, 2.05) is 14.1 Å². The molecule has 1 aliphatic rings. The molecule has 1 N–H and O–H groups in total. The SMILES string of the molecule is C[B][C@H]1C[C@@H](N=[N+]=[N-])[C@@H](CCO)O1. The first-order valence-electron chi connectivity index (χ1n) is 4.41. The van der Waals surface area contributed by atoms with Crippen molar-refractivity contribution in [2.45, 2.75) is 37.8 Å². The van der Waals surface area contributed by atoms with E-state index < -0.39 is 0 Å². The Balaban J connectivity index is 2.53. The Morgan fingerprint density at radius 3 is 3.08 bits per heavy atom. The van der Waals surface area contributed by atoms with Crippen LogP contribution in [0.4, 0.5) is 0 Å². The molecule has 1 fully saturated rings. The molecular weight excluding hydrogens is 169 g/mol. The second-order valence-electron chi connectivity index (χ2n) is 3.07. The lowest BCUT2D eigenvalue weighted by molar-refractivity contribution is 0.0614.